The minimum atomic E-state index is -0.816. The quantitative estimate of drug-likeness (QED) is 0.923. The van der Waals surface area contributed by atoms with Crippen molar-refractivity contribution < 1.29 is 9.90 Å². The van der Waals surface area contributed by atoms with Crippen molar-refractivity contribution in [2.24, 2.45) is 11.8 Å². The number of thiazole rings is 1. The van der Waals surface area contributed by atoms with Gasteiger partial charge in [0.1, 0.15) is 4.88 Å². The van der Waals surface area contributed by atoms with E-state index in [1.807, 2.05) is 0 Å². The van der Waals surface area contributed by atoms with Crippen molar-refractivity contribution in [3.8, 4) is 0 Å². The van der Waals surface area contributed by atoms with Crippen LogP contribution in [-0.2, 0) is 0 Å². The van der Waals surface area contributed by atoms with Crippen molar-refractivity contribution in [2.75, 3.05) is 18.0 Å². The van der Waals surface area contributed by atoms with Crippen molar-refractivity contribution in [3.05, 3.63) is 10.6 Å². The maximum atomic E-state index is 11.3. The largest absolute Gasteiger partial charge is 0.477 e. The van der Waals surface area contributed by atoms with Gasteiger partial charge in [-0.25, -0.2) is 9.78 Å². The van der Waals surface area contributed by atoms with E-state index in [-0.39, 0.29) is 0 Å². The number of rotatable bonds is 3. The smallest absolute Gasteiger partial charge is 0.347 e. The molecule has 2 unspecified atom stereocenters. The number of hydrogen-bond acceptors (Lipinski definition) is 4. The maximum Gasteiger partial charge on any atom is 0.347 e. The zero-order valence-electron chi connectivity index (χ0n) is 11.4. The summed E-state index contributed by atoms with van der Waals surface area (Å²) in [6, 6.07) is 0. The number of nitrogens with zero attached hydrogens (tertiary/aromatic N) is 2. The number of aromatic nitrogens is 1. The molecule has 0 aromatic carbocycles. The highest BCUT2D eigenvalue weighted by Gasteiger charge is 2.34. The van der Waals surface area contributed by atoms with E-state index in [0.717, 1.165) is 42.7 Å². The lowest BCUT2D eigenvalue weighted by Crippen LogP contribution is -2.38. The molecule has 0 bridgehead atoms. The lowest BCUT2D eigenvalue weighted by molar-refractivity contribution is 0.0700. The van der Waals surface area contributed by atoms with Gasteiger partial charge >= 0.3 is 5.97 Å². The second-order valence-electron chi connectivity index (χ2n) is 5.98. The molecule has 104 valence electrons. The predicted molar refractivity (Wildman–Crippen MR) is 76.2 cm³/mol. The van der Waals surface area contributed by atoms with Gasteiger partial charge in [0.25, 0.3) is 0 Å². The van der Waals surface area contributed by atoms with Gasteiger partial charge in [0.05, 0.1) is 5.69 Å². The van der Waals surface area contributed by atoms with Gasteiger partial charge in [-0.2, -0.15) is 0 Å². The van der Waals surface area contributed by atoms with E-state index in [9.17, 15) is 9.90 Å². The van der Waals surface area contributed by atoms with Crippen LogP contribution < -0.4 is 4.90 Å². The van der Waals surface area contributed by atoms with Crippen LogP contribution in [0.5, 0.6) is 0 Å². The van der Waals surface area contributed by atoms with Gasteiger partial charge in [0.15, 0.2) is 5.13 Å². The fourth-order valence-corrected chi connectivity index (χ4v) is 3.70. The van der Waals surface area contributed by atoms with Crippen molar-refractivity contribution in [3.63, 3.8) is 0 Å². The summed E-state index contributed by atoms with van der Waals surface area (Å²) in [5.74, 6) is 0.981. The number of carboxylic acid groups (broad SMARTS) is 1. The Bertz CT molecular complexity index is 496. The molecule has 3 rings (SSSR count). The summed E-state index contributed by atoms with van der Waals surface area (Å²) in [7, 11) is 0. The third kappa shape index (κ3) is 2.48. The van der Waals surface area contributed by atoms with Gasteiger partial charge < -0.3 is 10.0 Å². The van der Waals surface area contributed by atoms with E-state index in [0.29, 0.717) is 16.7 Å². The lowest BCUT2D eigenvalue weighted by atomic mass is 9.89. The number of carboxylic acids is 1. The summed E-state index contributed by atoms with van der Waals surface area (Å²) in [6.07, 6.45) is 3.36. The third-order valence-electron chi connectivity index (χ3n) is 4.41. The maximum absolute atomic E-state index is 11.3. The summed E-state index contributed by atoms with van der Waals surface area (Å²) in [4.78, 5) is 18.7. The molecule has 19 heavy (non-hydrogen) atoms. The second kappa shape index (κ2) is 4.78. The summed E-state index contributed by atoms with van der Waals surface area (Å²) < 4.78 is 0. The van der Waals surface area contributed by atoms with E-state index in [4.69, 9.17) is 0 Å². The SMILES string of the molecule is CC1CCN(c2nc(C3CC3)c(C(=O)O)s2)CC1C. The standard InChI is InChI=1S/C14H20N2O2S/c1-8-5-6-16(7-9(8)2)14-15-11(10-3-4-10)12(19-14)13(17)18/h8-10H,3-7H2,1-2H3,(H,17,18). The molecule has 4 nitrogen and oxygen atoms in total. The van der Waals surface area contributed by atoms with Crippen LogP contribution in [-0.4, -0.2) is 29.1 Å². The Morgan fingerprint density at radius 1 is 1.32 bits per heavy atom. The van der Waals surface area contributed by atoms with Gasteiger partial charge in [-0.15, -0.1) is 0 Å². The second-order valence-corrected chi connectivity index (χ2v) is 6.96. The molecule has 1 aliphatic heterocycles. The first-order valence-corrected chi connectivity index (χ1v) is 7.87. The molecule has 0 amide bonds. The number of carbonyl (C=O) groups is 1. The van der Waals surface area contributed by atoms with Crippen LogP contribution >= 0.6 is 11.3 Å². The van der Waals surface area contributed by atoms with Gasteiger partial charge in [0.2, 0.25) is 0 Å². The first-order chi connectivity index (χ1) is 9.06. The third-order valence-corrected chi connectivity index (χ3v) is 5.52. The van der Waals surface area contributed by atoms with E-state index in [1.165, 1.54) is 17.8 Å². The summed E-state index contributed by atoms with van der Waals surface area (Å²) in [5, 5.41) is 10.2. The Kier molecular flexibility index (Phi) is 3.25. The van der Waals surface area contributed by atoms with Crippen LogP contribution in [0, 0.1) is 11.8 Å². The van der Waals surface area contributed by atoms with E-state index >= 15 is 0 Å². The highest BCUT2D eigenvalue weighted by Crippen LogP contribution is 2.44. The minimum Gasteiger partial charge on any atom is -0.477 e. The van der Waals surface area contributed by atoms with Crippen molar-refractivity contribution in [1.82, 2.24) is 4.98 Å². The Balaban J connectivity index is 1.85. The molecule has 0 radical (unpaired) electrons. The zero-order valence-corrected chi connectivity index (χ0v) is 12.2. The first kappa shape index (κ1) is 12.9. The highest BCUT2D eigenvalue weighted by atomic mass is 32.1. The molecule has 1 saturated heterocycles. The molecular weight excluding hydrogens is 260 g/mol. The van der Waals surface area contributed by atoms with Crippen LogP contribution in [0.4, 0.5) is 5.13 Å². The fraction of sp³-hybridized carbons (Fsp3) is 0.714. The molecule has 2 atom stereocenters. The molecule has 1 aromatic heterocycles. The number of aromatic carboxylic acids is 1. The van der Waals surface area contributed by atoms with Gasteiger partial charge in [-0.1, -0.05) is 25.2 Å². The Morgan fingerprint density at radius 2 is 2.05 bits per heavy atom. The van der Waals surface area contributed by atoms with Crippen LogP contribution in [0.1, 0.15) is 54.4 Å². The topological polar surface area (TPSA) is 53.4 Å². The van der Waals surface area contributed by atoms with Crippen LogP contribution in [0.2, 0.25) is 0 Å². The summed E-state index contributed by atoms with van der Waals surface area (Å²) >= 11 is 1.36. The molecule has 1 aliphatic carbocycles. The van der Waals surface area contributed by atoms with Gasteiger partial charge in [-0.3, -0.25) is 0 Å². The highest BCUT2D eigenvalue weighted by molar-refractivity contribution is 7.17. The first-order valence-electron chi connectivity index (χ1n) is 7.05. The monoisotopic (exact) mass is 280 g/mol. The van der Waals surface area contributed by atoms with Gasteiger partial charge in [0, 0.05) is 19.0 Å². The number of piperidine rings is 1. The summed E-state index contributed by atoms with van der Waals surface area (Å²) in [6.45, 7) is 6.56. The molecule has 5 heteroatoms. The van der Waals surface area contributed by atoms with Crippen LogP contribution in [0.15, 0.2) is 0 Å². The predicted octanol–water partition coefficient (Wildman–Crippen LogP) is 3.20. The van der Waals surface area contributed by atoms with Crippen molar-refractivity contribution >= 4 is 22.4 Å². The Labute approximate surface area is 117 Å². The summed E-state index contributed by atoms with van der Waals surface area (Å²) in [5.41, 5.74) is 0.832. The Morgan fingerprint density at radius 3 is 2.63 bits per heavy atom. The number of anilines is 1. The minimum absolute atomic E-state index is 0.400. The molecule has 2 heterocycles. The average molecular weight is 280 g/mol. The molecule has 1 aromatic rings. The van der Waals surface area contributed by atoms with Crippen molar-refractivity contribution in [1.29, 1.82) is 0 Å². The van der Waals surface area contributed by atoms with Crippen molar-refractivity contribution in [2.45, 2.75) is 39.0 Å². The average Bonchev–Trinajstić information content (AvgIpc) is 3.11. The lowest BCUT2D eigenvalue weighted by Gasteiger charge is -2.35. The molecule has 2 fully saturated rings. The van der Waals surface area contributed by atoms with E-state index in [2.05, 4.69) is 23.7 Å². The van der Waals surface area contributed by atoms with E-state index in [1.54, 1.807) is 0 Å². The molecule has 1 saturated carbocycles. The molecular formula is C14H20N2O2S. The van der Waals surface area contributed by atoms with E-state index < -0.39 is 5.97 Å². The normalized spacial score (nSPS) is 27.6. The fourth-order valence-electron chi connectivity index (χ4n) is 2.68. The van der Waals surface area contributed by atoms with Gasteiger partial charge in [-0.05, 0) is 31.1 Å². The molecule has 1 N–H and O–H groups in total. The number of hydrogen-bond donors (Lipinski definition) is 1. The zero-order chi connectivity index (χ0) is 13.6. The van der Waals surface area contributed by atoms with Crippen LogP contribution in [0.25, 0.3) is 0 Å². The molecule has 0 spiro atoms. The Hall–Kier alpha value is -1.10. The van der Waals surface area contributed by atoms with Crippen LogP contribution in [0.3, 0.4) is 0 Å². The molecule has 2 aliphatic rings.